The molecule has 0 aliphatic rings. The average molecular weight is 226 g/mol. The molecular weight excluding hydrogens is 204 g/mol. The summed E-state index contributed by atoms with van der Waals surface area (Å²) in [4.78, 5) is 6.46. The topological polar surface area (TPSA) is 54.2 Å². The SMILES string of the molecule is CCNC(C)Cc1nc(N(CC)CC)no1. The van der Waals surface area contributed by atoms with Crippen LogP contribution in [-0.2, 0) is 6.42 Å². The standard InChI is InChI=1S/C11H22N4O/c1-5-12-9(4)8-10-13-11(14-16-10)15(6-2)7-3/h9,12H,5-8H2,1-4H3. The molecule has 0 amide bonds. The summed E-state index contributed by atoms with van der Waals surface area (Å²) in [7, 11) is 0. The Kier molecular flexibility index (Phi) is 5.25. The van der Waals surface area contributed by atoms with Crippen LogP contribution in [0, 0.1) is 0 Å². The summed E-state index contributed by atoms with van der Waals surface area (Å²) < 4.78 is 5.22. The summed E-state index contributed by atoms with van der Waals surface area (Å²) in [6.07, 6.45) is 0.780. The van der Waals surface area contributed by atoms with Gasteiger partial charge in [0.05, 0.1) is 0 Å². The molecule has 0 aromatic carbocycles. The number of nitrogens with zero attached hydrogens (tertiary/aromatic N) is 3. The average Bonchev–Trinajstić information content (AvgIpc) is 2.68. The third-order valence-electron chi connectivity index (χ3n) is 2.54. The van der Waals surface area contributed by atoms with E-state index in [1.807, 2.05) is 0 Å². The molecule has 0 saturated carbocycles. The Bertz CT molecular complexity index is 296. The van der Waals surface area contributed by atoms with Crippen molar-refractivity contribution in [2.24, 2.45) is 0 Å². The lowest BCUT2D eigenvalue weighted by molar-refractivity contribution is 0.362. The van der Waals surface area contributed by atoms with Crippen LogP contribution in [0.1, 0.15) is 33.6 Å². The van der Waals surface area contributed by atoms with Gasteiger partial charge in [0.15, 0.2) is 0 Å². The van der Waals surface area contributed by atoms with Gasteiger partial charge < -0.3 is 14.7 Å². The van der Waals surface area contributed by atoms with Crippen molar-refractivity contribution in [2.45, 2.75) is 40.2 Å². The predicted molar refractivity (Wildman–Crippen MR) is 64.7 cm³/mol. The summed E-state index contributed by atoms with van der Waals surface area (Å²) in [6.45, 7) is 11.1. The van der Waals surface area contributed by atoms with Crippen molar-refractivity contribution in [2.75, 3.05) is 24.5 Å². The molecular formula is C11H22N4O. The van der Waals surface area contributed by atoms with E-state index in [9.17, 15) is 0 Å². The number of likely N-dealkylation sites (N-methyl/N-ethyl adjacent to an activating group) is 1. The lowest BCUT2D eigenvalue weighted by Crippen LogP contribution is -2.27. The highest BCUT2D eigenvalue weighted by molar-refractivity contribution is 5.26. The van der Waals surface area contributed by atoms with Crippen LogP contribution in [0.15, 0.2) is 4.52 Å². The van der Waals surface area contributed by atoms with E-state index in [0.717, 1.165) is 26.1 Å². The van der Waals surface area contributed by atoms with Gasteiger partial charge in [0.25, 0.3) is 5.95 Å². The molecule has 16 heavy (non-hydrogen) atoms. The minimum absolute atomic E-state index is 0.370. The first kappa shape index (κ1) is 13.0. The maximum Gasteiger partial charge on any atom is 0.266 e. The molecule has 0 aliphatic carbocycles. The van der Waals surface area contributed by atoms with Crippen LogP contribution in [0.2, 0.25) is 0 Å². The normalized spacial score (nSPS) is 12.8. The number of anilines is 1. The van der Waals surface area contributed by atoms with Gasteiger partial charge in [0.2, 0.25) is 5.89 Å². The van der Waals surface area contributed by atoms with Gasteiger partial charge in [0.1, 0.15) is 0 Å². The second-order valence-electron chi connectivity index (χ2n) is 3.82. The van der Waals surface area contributed by atoms with Crippen LogP contribution in [0.5, 0.6) is 0 Å². The Labute approximate surface area is 97.2 Å². The Morgan fingerprint density at radius 1 is 1.31 bits per heavy atom. The van der Waals surface area contributed by atoms with E-state index in [-0.39, 0.29) is 0 Å². The molecule has 0 aliphatic heterocycles. The van der Waals surface area contributed by atoms with Crippen LogP contribution in [-0.4, -0.2) is 35.8 Å². The largest absolute Gasteiger partial charge is 0.339 e. The highest BCUT2D eigenvalue weighted by atomic mass is 16.5. The number of hydrogen-bond donors (Lipinski definition) is 1. The molecule has 1 unspecified atom stereocenters. The molecule has 1 N–H and O–H groups in total. The van der Waals surface area contributed by atoms with Crippen molar-refractivity contribution in [3.05, 3.63) is 5.89 Å². The summed E-state index contributed by atoms with van der Waals surface area (Å²) in [5, 5.41) is 7.30. The molecule has 1 aromatic heterocycles. The van der Waals surface area contributed by atoms with E-state index in [2.05, 4.69) is 48.1 Å². The van der Waals surface area contributed by atoms with Crippen LogP contribution >= 0.6 is 0 Å². The molecule has 92 valence electrons. The first-order valence-corrected chi connectivity index (χ1v) is 6.02. The van der Waals surface area contributed by atoms with E-state index >= 15 is 0 Å². The van der Waals surface area contributed by atoms with E-state index in [1.54, 1.807) is 0 Å². The number of nitrogens with one attached hydrogen (secondary N) is 1. The van der Waals surface area contributed by atoms with Crippen molar-refractivity contribution in [1.82, 2.24) is 15.5 Å². The van der Waals surface area contributed by atoms with Crippen LogP contribution in [0.3, 0.4) is 0 Å². The van der Waals surface area contributed by atoms with E-state index < -0.39 is 0 Å². The fourth-order valence-corrected chi connectivity index (χ4v) is 1.65. The van der Waals surface area contributed by atoms with Gasteiger partial charge in [-0.2, -0.15) is 4.98 Å². The minimum Gasteiger partial charge on any atom is -0.339 e. The fraction of sp³-hybridized carbons (Fsp3) is 0.818. The molecule has 1 aromatic rings. The summed E-state index contributed by atoms with van der Waals surface area (Å²) >= 11 is 0. The van der Waals surface area contributed by atoms with Crippen molar-refractivity contribution < 1.29 is 4.52 Å². The smallest absolute Gasteiger partial charge is 0.266 e. The molecule has 0 bridgehead atoms. The van der Waals surface area contributed by atoms with Crippen LogP contribution in [0.4, 0.5) is 5.95 Å². The highest BCUT2D eigenvalue weighted by Gasteiger charge is 2.13. The Hall–Kier alpha value is -1.10. The Morgan fingerprint density at radius 3 is 2.56 bits per heavy atom. The summed E-state index contributed by atoms with van der Waals surface area (Å²) in [6, 6.07) is 0.370. The molecule has 1 rings (SSSR count). The monoisotopic (exact) mass is 226 g/mol. The van der Waals surface area contributed by atoms with E-state index in [4.69, 9.17) is 4.52 Å². The van der Waals surface area contributed by atoms with Gasteiger partial charge >= 0.3 is 0 Å². The highest BCUT2D eigenvalue weighted by Crippen LogP contribution is 2.09. The Balaban J connectivity index is 2.57. The zero-order valence-corrected chi connectivity index (χ0v) is 10.7. The zero-order valence-electron chi connectivity index (χ0n) is 10.7. The van der Waals surface area contributed by atoms with Gasteiger partial charge in [0, 0.05) is 25.6 Å². The zero-order chi connectivity index (χ0) is 12.0. The lowest BCUT2D eigenvalue weighted by Gasteiger charge is -2.14. The maximum absolute atomic E-state index is 5.22. The maximum atomic E-state index is 5.22. The van der Waals surface area contributed by atoms with Crippen molar-refractivity contribution >= 4 is 5.95 Å². The van der Waals surface area contributed by atoms with Crippen molar-refractivity contribution in [3.63, 3.8) is 0 Å². The Morgan fingerprint density at radius 2 is 2.00 bits per heavy atom. The third-order valence-corrected chi connectivity index (χ3v) is 2.54. The second-order valence-corrected chi connectivity index (χ2v) is 3.82. The quantitative estimate of drug-likeness (QED) is 0.762. The van der Waals surface area contributed by atoms with Gasteiger partial charge in [-0.05, 0) is 32.5 Å². The molecule has 0 radical (unpaired) electrons. The van der Waals surface area contributed by atoms with E-state index in [1.165, 1.54) is 0 Å². The third kappa shape index (κ3) is 3.48. The van der Waals surface area contributed by atoms with Gasteiger partial charge in [-0.15, -0.1) is 0 Å². The fourth-order valence-electron chi connectivity index (χ4n) is 1.65. The van der Waals surface area contributed by atoms with Crippen LogP contribution in [0.25, 0.3) is 0 Å². The van der Waals surface area contributed by atoms with Crippen molar-refractivity contribution in [1.29, 1.82) is 0 Å². The van der Waals surface area contributed by atoms with Gasteiger partial charge in [-0.3, -0.25) is 0 Å². The minimum atomic E-state index is 0.370. The van der Waals surface area contributed by atoms with Gasteiger partial charge in [-0.1, -0.05) is 6.92 Å². The van der Waals surface area contributed by atoms with Gasteiger partial charge in [-0.25, -0.2) is 0 Å². The number of hydrogen-bond acceptors (Lipinski definition) is 5. The molecule has 5 heteroatoms. The second kappa shape index (κ2) is 6.48. The first-order valence-electron chi connectivity index (χ1n) is 6.02. The molecule has 0 fully saturated rings. The summed E-state index contributed by atoms with van der Waals surface area (Å²) in [5.74, 6) is 1.40. The molecule has 1 atom stereocenters. The van der Waals surface area contributed by atoms with E-state index in [0.29, 0.717) is 17.9 Å². The first-order chi connectivity index (χ1) is 7.71. The molecule has 5 nitrogen and oxygen atoms in total. The van der Waals surface area contributed by atoms with Crippen molar-refractivity contribution in [3.8, 4) is 0 Å². The molecule has 0 saturated heterocycles. The summed E-state index contributed by atoms with van der Waals surface area (Å²) in [5.41, 5.74) is 0. The van der Waals surface area contributed by atoms with Crippen LogP contribution < -0.4 is 10.2 Å². The lowest BCUT2D eigenvalue weighted by atomic mass is 10.2. The number of aromatic nitrogens is 2. The molecule has 0 spiro atoms. The number of rotatable bonds is 7. The molecule has 1 heterocycles. The predicted octanol–water partition coefficient (Wildman–Crippen LogP) is 1.46.